The molecule has 0 bridgehead atoms. The zero-order valence-corrected chi connectivity index (χ0v) is 12.5. The number of hydrogen-bond donors (Lipinski definition) is 1. The van der Waals surface area contributed by atoms with Crippen LogP contribution in [0, 0.1) is 5.92 Å². The van der Waals surface area contributed by atoms with Crippen molar-refractivity contribution in [2.75, 3.05) is 13.1 Å². The van der Waals surface area contributed by atoms with Crippen molar-refractivity contribution in [3.8, 4) is 0 Å². The Morgan fingerprint density at radius 3 is 2.67 bits per heavy atom. The Labute approximate surface area is 128 Å². The molecule has 0 aromatic carbocycles. The Kier molecular flexibility index (Phi) is 4.31. The second-order valence-corrected chi connectivity index (χ2v) is 6.30. The topological polar surface area (TPSA) is 53.4 Å². The van der Waals surface area contributed by atoms with Crippen LogP contribution in [0.5, 0.6) is 0 Å². The number of carboxylic acid groups (broad SMARTS) is 1. The Bertz CT molecular complexity index is 578. The molecule has 0 amide bonds. The summed E-state index contributed by atoms with van der Waals surface area (Å²) in [5.41, 5.74) is 1.04. The molecule has 3 rings (SSSR count). The summed E-state index contributed by atoms with van der Waals surface area (Å²) >= 11 is 1.73. The molecule has 1 atom stereocenters. The van der Waals surface area contributed by atoms with Crippen LogP contribution >= 0.6 is 11.3 Å². The van der Waals surface area contributed by atoms with Gasteiger partial charge < -0.3 is 5.11 Å². The van der Waals surface area contributed by atoms with Gasteiger partial charge in [0.1, 0.15) is 0 Å². The average Bonchev–Trinajstić information content (AvgIpc) is 3.03. The molecule has 1 unspecified atom stereocenters. The van der Waals surface area contributed by atoms with Gasteiger partial charge in [0, 0.05) is 11.1 Å². The number of pyridine rings is 1. The minimum atomic E-state index is -0.667. The van der Waals surface area contributed by atoms with Crippen LogP contribution in [0.15, 0.2) is 41.9 Å². The molecule has 21 heavy (non-hydrogen) atoms. The van der Waals surface area contributed by atoms with Gasteiger partial charge >= 0.3 is 5.97 Å². The van der Waals surface area contributed by atoms with Crippen molar-refractivity contribution in [3.63, 3.8) is 0 Å². The molecule has 0 spiro atoms. The van der Waals surface area contributed by atoms with Crippen LogP contribution in [0.25, 0.3) is 0 Å². The van der Waals surface area contributed by atoms with Crippen LogP contribution in [-0.2, 0) is 4.79 Å². The lowest BCUT2D eigenvalue weighted by molar-refractivity contribution is -0.143. The smallest absolute Gasteiger partial charge is 0.306 e. The van der Waals surface area contributed by atoms with Crippen LogP contribution in [-0.4, -0.2) is 34.0 Å². The first-order valence-corrected chi connectivity index (χ1v) is 8.05. The number of thiophene rings is 1. The lowest BCUT2D eigenvalue weighted by Crippen LogP contribution is -2.39. The number of carboxylic acids is 1. The molecule has 1 aliphatic rings. The van der Waals surface area contributed by atoms with Crippen molar-refractivity contribution in [2.24, 2.45) is 5.92 Å². The monoisotopic (exact) mass is 302 g/mol. The molecule has 1 fully saturated rings. The second-order valence-electron chi connectivity index (χ2n) is 5.32. The van der Waals surface area contributed by atoms with Gasteiger partial charge in [-0.15, -0.1) is 11.3 Å². The maximum atomic E-state index is 11.1. The van der Waals surface area contributed by atoms with Crippen LogP contribution in [0.1, 0.15) is 29.5 Å². The van der Waals surface area contributed by atoms with E-state index in [1.807, 2.05) is 24.4 Å². The van der Waals surface area contributed by atoms with Crippen LogP contribution in [0.4, 0.5) is 0 Å². The van der Waals surface area contributed by atoms with Crippen molar-refractivity contribution in [2.45, 2.75) is 18.9 Å². The highest BCUT2D eigenvalue weighted by Gasteiger charge is 2.31. The molecule has 2 aromatic heterocycles. The number of hydrogen-bond acceptors (Lipinski definition) is 4. The third-order valence-corrected chi connectivity index (χ3v) is 4.95. The lowest BCUT2D eigenvalue weighted by atomic mass is 9.95. The van der Waals surface area contributed by atoms with Crippen molar-refractivity contribution in [3.05, 3.63) is 52.5 Å². The third-order valence-electron chi connectivity index (χ3n) is 4.02. The van der Waals surface area contributed by atoms with E-state index in [4.69, 9.17) is 5.11 Å². The molecule has 2 aromatic rings. The first kappa shape index (κ1) is 14.2. The van der Waals surface area contributed by atoms with E-state index >= 15 is 0 Å². The van der Waals surface area contributed by atoms with E-state index in [0.717, 1.165) is 18.8 Å². The number of nitrogens with zero attached hydrogens (tertiary/aromatic N) is 2. The van der Waals surface area contributed by atoms with Crippen molar-refractivity contribution in [1.82, 2.24) is 9.88 Å². The minimum Gasteiger partial charge on any atom is -0.481 e. The molecule has 4 nitrogen and oxygen atoms in total. The van der Waals surface area contributed by atoms with Gasteiger partial charge in [0.15, 0.2) is 0 Å². The summed E-state index contributed by atoms with van der Waals surface area (Å²) < 4.78 is 0. The molecule has 0 aliphatic carbocycles. The highest BCUT2D eigenvalue weighted by Crippen LogP contribution is 2.33. The van der Waals surface area contributed by atoms with Crippen molar-refractivity contribution in [1.29, 1.82) is 0 Å². The van der Waals surface area contributed by atoms with Crippen LogP contribution < -0.4 is 0 Å². The van der Waals surface area contributed by atoms with Gasteiger partial charge in [0.05, 0.1) is 17.7 Å². The number of carbonyl (C=O) groups is 1. The van der Waals surface area contributed by atoms with Crippen LogP contribution in [0.3, 0.4) is 0 Å². The fraction of sp³-hybridized carbons (Fsp3) is 0.375. The maximum Gasteiger partial charge on any atom is 0.306 e. The summed E-state index contributed by atoms with van der Waals surface area (Å²) in [5, 5.41) is 11.2. The molecule has 110 valence electrons. The predicted octanol–water partition coefficient (Wildman–Crippen LogP) is 3.03. The zero-order chi connectivity index (χ0) is 14.7. The lowest BCUT2D eigenvalue weighted by Gasteiger charge is -2.35. The summed E-state index contributed by atoms with van der Waals surface area (Å²) in [5.74, 6) is -0.867. The molecule has 1 N–H and O–H groups in total. The molecule has 0 radical (unpaired) electrons. The highest BCUT2D eigenvalue weighted by molar-refractivity contribution is 7.10. The van der Waals surface area contributed by atoms with Gasteiger partial charge in [0.2, 0.25) is 0 Å². The van der Waals surface area contributed by atoms with E-state index in [1.54, 1.807) is 11.3 Å². The Morgan fingerprint density at radius 2 is 2.10 bits per heavy atom. The molecular weight excluding hydrogens is 284 g/mol. The van der Waals surface area contributed by atoms with Crippen LogP contribution in [0.2, 0.25) is 0 Å². The molecule has 0 saturated carbocycles. The standard InChI is InChI=1S/C16H18N2O2S/c19-16(20)12-6-9-18(10-7-12)15(14-5-3-11-21-14)13-4-1-2-8-17-13/h1-5,8,11-12,15H,6-7,9-10H2,(H,19,20). The second kappa shape index (κ2) is 6.37. The minimum absolute atomic E-state index is 0.140. The predicted molar refractivity (Wildman–Crippen MR) is 82.3 cm³/mol. The van der Waals surface area contributed by atoms with Gasteiger partial charge in [-0.1, -0.05) is 12.1 Å². The number of rotatable bonds is 4. The zero-order valence-electron chi connectivity index (χ0n) is 11.7. The summed E-state index contributed by atoms with van der Waals surface area (Å²) in [6.07, 6.45) is 3.24. The normalized spacial score (nSPS) is 18.5. The van der Waals surface area contributed by atoms with Gasteiger partial charge in [-0.3, -0.25) is 14.7 Å². The molecule has 5 heteroatoms. The van der Waals surface area contributed by atoms with E-state index in [2.05, 4.69) is 27.4 Å². The largest absolute Gasteiger partial charge is 0.481 e. The average molecular weight is 302 g/mol. The van der Waals surface area contributed by atoms with Gasteiger partial charge in [-0.25, -0.2) is 0 Å². The first-order valence-electron chi connectivity index (χ1n) is 7.17. The summed E-state index contributed by atoms with van der Waals surface area (Å²) in [6, 6.07) is 10.3. The van der Waals surface area contributed by atoms with Crippen molar-refractivity contribution < 1.29 is 9.90 Å². The van der Waals surface area contributed by atoms with E-state index in [0.29, 0.717) is 12.8 Å². The molecule has 3 heterocycles. The van der Waals surface area contributed by atoms with E-state index in [1.165, 1.54) is 4.88 Å². The highest BCUT2D eigenvalue weighted by atomic mass is 32.1. The van der Waals surface area contributed by atoms with E-state index < -0.39 is 5.97 Å². The fourth-order valence-corrected chi connectivity index (χ4v) is 3.77. The fourth-order valence-electron chi connectivity index (χ4n) is 2.90. The van der Waals surface area contributed by atoms with Crippen molar-refractivity contribution >= 4 is 17.3 Å². The number of likely N-dealkylation sites (tertiary alicyclic amines) is 1. The third kappa shape index (κ3) is 3.14. The SMILES string of the molecule is O=C(O)C1CCN(C(c2ccccn2)c2cccs2)CC1. The number of piperidine rings is 1. The van der Waals surface area contributed by atoms with E-state index in [9.17, 15) is 4.79 Å². The number of aromatic nitrogens is 1. The van der Waals surface area contributed by atoms with E-state index in [-0.39, 0.29) is 12.0 Å². The summed E-state index contributed by atoms with van der Waals surface area (Å²) in [7, 11) is 0. The van der Waals surface area contributed by atoms with Gasteiger partial charge in [-0.2, -0.15) is 0 Å². The number of aliphatic carboxylic acids is 1. The Morgan fingerprint density at radius 1 is 1.29 bits per heavy atom. The van der Waals surface area contributed by atoms with Gasteiger partial charge in [-0.05, 0) is 49.5 Å². The maximum absolute atomic E-state index is 11.1. The molecular formula is C16H18N2O2S. The summed E-state index contributed by atoms with van der Waals surface area (Å²) in [4.78, 5) is 19.2. The quantitative estimate of drug-likeness (QED) is 0.943. The summed E-state index contributed by atoms with van der Waals surface area (Å²) in [6.45, 7) is 1.60. The first-order chi connectivity index (χ1) is 10.3. The Balaban J connectivity index is 1.83. The van der Waals surface area contributed by atoms with Gasteiger partial charge in [0.25, 0.3) is 0 Å². The molecule has 1 aliphatic heterocycles. The Hall–Kier alpha value is -1.72. The molecule has 1 saturated heterocycles.